The normalized spacial score (nSPS) is 15.0. The number of ketones is 1. The first-order valence-electron chi connectivity index (χ1n) is 11.8. The van der Waals surface area contributed by atoms with Gasteiger partial charge in [-0.15, -0.1) is 0 Å². The highest BCUT2D eigenvalue weighted by Crippen LogP contribution is 2.26. The number of benzene rings is 2. The van der Waals surface area contributed by atoms with E-state index >= 15 is 0 Å². The number of fused-ring (bicyclic) bond motifs is 1. The van der Waals surface area contributed by atoms with Gasteiger partial charge in [-0.3, -0.25) is 9.78 Å². The van der Waals surface area contributed by atoms with E-state index in [0.717, 1.165) is 65.2 Å². The van der Waals surface area contributed by atoms with Gasteiger partial charge in [-0.25, -0.2) is 4.98 Å². The molecule has 0 bridgehead atoms. The number of nitrogens with zero attached hydrogens (tertiary/aromatic N) is 4. The fourth-order valence-electron chi connectivity index (χ4n) is 4.52. The second-order valence-electron chi connectivity index (χ2n) is 9.24. The lowest BCUT2D eigenvalue weighted by atomic mass is 10.0. The van der Waals surface area contributed by atoms with Crippen LogP contribution in [0.2, 0.25) is 0 Å². The molecule has 174 valence electrons. The van der Waals surface area contributed by atoms with Crippen molar-refractivity contribution in [1.82, 2.24) is 19.4 Å². The van der Waals surface area contributed by atoms with Crippen LogP contribution >= 0.6 is 0 Å². The van der Waals surface area contributed by atoms with Crippen molar-refractivity contribution in [3.8, 4) is 17.0 Å². The molecule has 4 aromatic rings. The number of carbonyl (C=O) groups is 1. The fourth-order valence-corrected chi connectivity index (χ4v) is 4.52. The van der Waals surface area contributed by atoms with E-state index in [-0.39, 0.29) is 18.3 Å². The summed E-state index contributed by atoms with van der Waals surface area (Å²) in [6, 6.07) is 15.9. The molecule has 0 unspecified atom stereocenters. The van der Waals surface area contributed by atoms with Crippen LogP contribution in [0, 0.1) is 6.92 Å². The molecule has 0 saturated carbocycles. The molecule has 34 heavy (non-hydrogen) atoms. The summed E-state index contributed by atoms with van der Waals surface area (Å²) in [5, 5.41) is 2.11. The maximum absolute atomic E-state index is 13.1. The average molecular weight is 455 g/mol. The highest BCUT2D eigenvalue weighted by Gasteiger charge is 2.18. The number of carbonyl (C=O) groups excluding carboxylic acids is 1. The molecule has 2 aromatic heterocycles. The molecular formula is C28H30N4O2. The Morgan fingerprint density at radius 1 is 1.00 bits per heavy atom. The van der Waals surface area contributed by atoms with Crippen LogP contribution in [-0.4, -0.2) is 51.5 Å². The van der Waals surface area contributed by atoms with Gasteiger partial charge in [0, 0.05) is 48.5 Å². The van der Waals surface area contributed by atoms with Gasteiger partial charge in [0.25, 0.3) is 0 Å². The summed E-state index contributed by atoms with van der Waals surface area (Å²) in [6.07, 6.45) is 6.22. The highest BCUT2D eigenvalue weighted by molar-refractivity contribution is 5.98. The minimum atomic E-state index is 0.0408. The molecule has 3 heterocycles. The maximum atomic E-state index is 13.1. The number of piperidine rings is 1. The standard InChI is InChI=1S/C28H30N4O2/c1-19-29-18-27(32(19)3)20-7-8-22-17-30-24(14-23(22)13-20)16-28(33)21-5-4-6-26(15-21)34-25-9-11-31(2)12-10-25/h4-8,13-15,17-18,25H,9-12,16H2,1-3H3. The second kappa shape index (κ2) is 9.39. The third-order valence-electron chi connectivity index (χ3n) is 6.76. The Bertz CT molecular complexity index is 1340. The van der Waals surface area contributed by atoms with Gasteiger partial charge >= 0.3 is 0 Å². The molecule has 0 N–H and O–H groups in total. The topological polar surface area (TPSA) is 60.2 Å². The van der Waals surface area contributed by atoms with Gasteiger partial charge < -0.3 is 14.2 Å². The summed E-state index contributed by atoms with van der Waals surface area (Å²) in [5.74, 6) is 1.78. The first kappa shape index (κ1) is 22.3. The van der Waals surface area contributed by atoms with E-state index in [0.29, 0.717) is 5.56 Å². The summed E-state index contributed by atoms with van der Waals surface area (Å²) in [7, 11) is 4.15. The first-order valence-corrected chi connectivity index (χ1v) is 11.8. The van der Waals surface area contributed by atoms with Crippen LogP contribution in [0.15, 0.2) is 60.9 Å². The Balaban J connectivity index is 1.32. The van der Waals surface area contributed by atoms with Gasteiger partial charge in [-0.05, 0) is 56.5 Å². The quantitative estimate of drug-likeness (QED) is 0.390. The molecular weight excluding hydrogens is 424 g/mol. The molecule has 1 saturated heterocycles. The summed E-state index contributed by atoms with van der Waals surface area (Å²) < 4.78 is 8.24. The van der Waals surface area contributed by atoms with Gasteiger partial charge in [0.05, 0.1) is 18.3 Å². The lowest BCUT2D eigenvalue weighted by Gasteiger charge is -2.29. The van der Waals surface area contributed by atoms with E-state index in [1.807, 2.05) is 56.7 Å². The zero-order valence-electron chi connectivity index (χ0n) is 20.0. The summed E-state index contributed by atoms with van der Waals surface area (Å²) in [5.41, 5.74) is 3.58. The fraction of sp³-hybridized carbons (Fsp3) is 0.321. The molecule has 0 atom stereocenters. The molecule has 1 aliphatic heterocycles. The highest BCUT2D eigenvalue weighted by atomic mass is 16.5. The van der Waals surface area contributed by atoms with Gasteiger partial charge in [0.15, 0.2) is 5.78 Å². The number of imidazole rings is 1. The zero-order valence-corrected chi connectivity index (χ0v) is 20.0. The number of likely N-dealkylation sites (tertiary alicyclic amines) is 1. The number of aryl methyl sites for hydroxylation is 1. The number of Topliss-reactive ketones (excluding diaryl/α,β-unsaturated/α-hetero) is 1. The van der Waals surface area contributed by atoms with Crippen molar-refractivity contribution in [2.45, 2.75) is 32.3 Å². The predicted molar refractivity (Wildman–Crippen MR) is 134 cm³/mol. The van der Waals surface area contributed by atoms with Gasteiger partial charge in [-0.1, -0.05) is 24.3 Å². The number of hydrogen-bond donors (Lipinski definition) is 0. The van der Waals surface area contributed by atoms with E-state index < -0.39 is 0 Å². The Morgan fingerprint density at radius 3 is 2.59 bits per heavy atom. The number of rotatable bonds is 6. The van der Waals surface area contributed by atoms with Crippen molar-refractivity contribution in [2.24, 2.45) is 7.05 Å². The van der Waals surface area contributed by atoms with Crippen LogP contribution in [-0.2, 0) is 13.5 Å². The molecule has 1 fully saturated rings. The maximum Gasteiger partial charge on any atom is 0.168 e. The molecule has 2 aromatic carbocycles. The molecule has 0 aliphatic carbocycles. The Morgan fingerprint density at radius 2 is 1.82 bits per heavy atom. The summed E-state index contributed by atoms with van der Waals surface area (Å²) >= 11 is 0. The lowest BCUT2D eigenvalue weighted by molar-refractivity contribution is 0.0988. The van der Waals surface area contributed by atoms with Crippen molar-refractivity contribution in [2.75, 3.05) is 20.1 Å². The van der Waals surface area contributed by atoms with Crippen molar-refractivity contribution in [3.05, 3.63) is 78.0 Å². The van der Waals surface area contributed by atoms with E-state index in [2.05, 4.69) is 44.7 Å². The van der Waals surface area contributed by atoms with E-state index in [9.17, 15) is 4.79 Å². The molecule has 0 amide bonds. The number of hydrogen-bond acceptors (Lipinski definition) is 5. The van der Waals surface area contributed by atoms with Gasteiger partial charge in [0.1, 0.15) is 17.7 Å². The second-order valence-corrected chi connectivity index (χ2v) is 9.24. The van der Waals surface area contributed by atoms with Crippen molar-refractivity contribution in [3.63, 3.8) is 0 Å². The van der Waals surface area contributed by atoms with Crippen LogP contribution in [0.4, 0.5) is 0 Å². The first-order chi connectivity index (χ1) is 16.5. The monoisotopic (exact) mass is 454 g/mol. The SMILES string of the molecule is Cc1ncc(-c2ccc3cnc(CC(=O)c4cccc(OC5CCN(C)CC5)c4)cc3c2)n1C. The Labute approximate surface area is 200 Å². The third kappa shape index (κ3) is 4.73. The van der Waals surface area contributed by atoms with Crippen LogP contribution in [0.1, 0.15) is 34.7 Å². The minimum absolute atomic E-state index is 0.0408. The molecule has 1 aliphatic rings. The smallest absolute Gasteiger partial charge is 0.168 e. The van der Waals surface area contributed by atoms with Crippen LogP contribution < -0.4 is 4.74 Å². The van der Waals surface area contributed by atoms with Crippen LogP contribution in [0.5, 0.6) is 5.75 Å². The van der Waals surface area contributed by atoms with Crippen molar-refractivity contribution < 1.29 is 9.53 Å². The van der Waals surface area contributed by atoms with E-state index in [4.69, 9.17) is 4.74 Å². The Hall–Kier alpha value is -3.51. The van der Waals surface area contributed by atoms with Crippen LogP contribution in [0.25, 0.3) is 22.0 Å². The average Bonchev–Trinajstić information content (AvgIpc) is 3.18. The Kier molecular flexibility index (Phi) is 6.16. The van der Waals surface area contributed by atoms with E-state index in [1.165, 1.54) is 0 Å². The lowest BCUT2D eigenvalue weighted by Crippen LogP contribution is -2.35. The van der Waals surface area contributed by atoms with Crippen molar-refractivity contribution >= 4 is 16.6 Å². The van der Waals surface area contributed by atoms with Gasteiger partial charge in [0.2, 0.25) is 0 Å². The van der Waals surface area contributed by atoms with Crippen molar-refractivity contribution in [1.29, 1.82) is 0 Å². The minimum Gasteiger partial charge on any atom is -0.490 e. The molecule has 5 rings (SSSR count). The molecule has 0 spiro atoms. The van der Waals surface area contributed by atoms with Crippen LogP contribution in [0.3, 0.4) is 0 Å². The summed E-state index contributed by atoms with van der Waals surface area (Å²) in [4.78, 5) is 24.3. The number of pyridine rings is 1. The number of aromatic nitrogens is 3. The number of ether oxygens (including phenoxy) is 1. The third-order valence-corrected chi connectivity index (χ3v) is 6.76. The largest absolute Gasteiger partial charge is 0.490 e. The van der Waals surface area contributed by atoms with Gasteiger partial charge in [-0.2, -0.15) is 0 Å². The molecule has 6 heteroatoms. The van der Waals surface area contributed by atoms with E-state index in [1.54, 1.807) is 0 Å². The summed E-state index contributed by atoms with van der Waals surface area (Å²) in [6.45, 7) is 4.07. The predicted octanol–water partition coefficient (Wildman–Crippen LogP) is 4.84. The molecule has 6 nitrogen and oxygen atoms in total. The zero-order chi connectivity index (χ0) is 23.7. The molecule has 0 radical (unpaired) electrons.